The lowest BCUT2D eigenvalue weighted by molar-refractivity contribution is 0.661. The summed E-state index contributed by atoms with van der Waals surface area (Å²) in [4.78, 5) is 10.1. The summed E-state index contributed by atoms with van der Waals surface area (Å²) in [5.41, 5.74) is 21.7. The Labute approximate surface area is 435 Å². The fourth-order valence-corrected chi connectivity index (χ4v) is 12.8. The summed E-state index contributed by atoms with van der Waals surface area (Å²) in [6, 6.07) is 89.1. The molecule has 0 unspecified atom stereocenters. The SMILES string of the molecule is CC1(C)c2cc(-c3ccc(-c4c5ccccc5c(-c5ccccc5)c5c4cnc4ccccc45)cc3)ccc2-c2ccc(-c3ccc(-c4c5ccccc5c(-c5ccccc5)c5c4cnc4ccccc45)cc3)cc21. The van der Waals surface area contributed by atoms with Crippen molar-refractivity contribution in [2.45, 2.75) is 19.3 Å². The highest BCUT2D eigenvalue weighted by Crippen LogP contribution is 2.52. The van der Waals surface area contributed by atoms with Gasteiger partial charge in [-0.25, -0.2) is 0 Å². The molecule has 0 saturated heterocycles. The molecule has 2 nitrogen and oxygen atoms in total. The van der Waals surface area contributed by atoms with E-state index < -0.39 is 0 Å². The molecule has 15 rings (SSSR count). The van der Waals surface area contributed by atoms with E-state index in [1.54, 1.807) is 0 Å². The Balaban J connectivity index is 0.782. The lowest BCUT2D eigenvalue weighted by atomic mass is 9.80. The number of pyridine rings is 2. The first kappa shape index (κ1) is 43.1. The molecular formula is C73H48N2. The molecule has 1 aliphatic carbocycles. The first-order valence-electron chi connectivity index (χ1n) is 26.0. The van der Waals surface area contributed by atoms with Crippen molar-refractivity contribution in [3.63, 3.8) is 0 Å². The standard InChI is InChI=1S/C73H48N2/c1-73(2)63-41-51(45-29-33-49(34-30-45)67-55-21-9-11-23-57(55)69(47-17-5-3-6-18-47)71-59-25-13-15-27-65(59)74-43-61(67)71)37-39-53(63)54-40-38-52(42-64(54)73)46-31-35-50(36-32-46)68-56-22-10-12-24-58(56)70(48-19-7-4-8-20-48)72-60-26-14-16-28-66(60)75-44-62(68)72/h3-44H,1-2H3. The van der Waals surface area contributed by atoms with Gasteiger partial charge in [0.05, 0.1) is 11.0 Å². The smallest absolute Gasteiger partial charge is 0.0708 e. The molecule has 0 saturated carbocycles. The van der Waals surface area contributed by atoms with Crippen molar-refractivity contribution in [1.82, 2.24) is 9.97 Å². The molecule has 0 bridgehead atoms. The van der Waals surface area contributed by atoms with Crippen LogP contribution in [0.2, 0.25) is 0 Å². The van der Waals surface area contributed by atoms with Gasteiger partial charge in [0, 0.05) is 50.1 Å². The van der Waals surface area contributed by atoms with Crippen LogP contribution in [0.5, 0.6) is 0 Å². The second kappa shape index (κ2) is 16.8. The molecule has 0 spiro atoms. The van der Waals surface area contributed by atoms with E-state index in [4.69, 9.17) is 9.97 Å². The molecule has 0 atom stereocenters. The molecular weight excluding hydrogens is 905 g/mol. The zero-order valence-electron chi connectivity index (χ0n) is 41.6. The predicted molar refractivity (Wildman–Crippen MR) is 317 cm³/mol. The van der Waals surface area contributed by atoms with Crippen LogP contribution in [0.3, 0.4) is 0 Å². The van der Waals surface area contributed by atoms with Gasteiger partial charge < -0.3 is 0 Å². The van der Waals surface area contributed by atoms with E-state index in [0.29, 0.717) is 0 Å². The Hall–Kier alpha value is -9.50. The highest BCUT2D eigenvalue weighted by atomic mass is 14.7. The quantitative estimate of drug-likeness (QED) is 0.123. The van der Waals surface area contributed by atoms with E-state index in [1.807, 2.05) is 0 Å². The van der Waals surface area contributed by atoms with Gasteiger partial charge in [0.2, 0.25) is 0 Å². The predicted octanol–water partition coefficient (Wildman–Crippen LogP) is 19.7. The van der Waals surface area contributed by atoms with E-state index in [0.717, 1.165) is 21.8 Å². The Bertz CT molecular complexity index is 4330. The topological polar surface area (TPSA) is 25.8 Å². The Kier molecular flexibility index (Phi) is 9.65. The first-order valence-corrected chi connectivity index (χ1v) is 26.0. The zero-order chi connectivity index (χ0) is 49.8. The van der Waals surface area contributed by atoms with Gasteiger partial charge in [0.15, 0.2) is 0 Å². The number of hydrogen-bond donors (Lipinski definition) is 0. The number of aromatic nitrogens is 2. The summed E-state index contributed by atoms with van der Waals surface area (Å²) in [5.74, 6) is 0. The van der Waals surface area contributed by atoms with Crippen LogP contribution >= 0.6 is 0 Å². The molecule has 2 aromatic heterocycles. The van der Waals surface area contributed by atoms with Crippen LogP contribution in [-0.4, -0.2) is 9.97 Å². The number of hydrogen-bond acceptors (Lipinski definition) is 2. The monoisotopic (exact) mass is 952 g/mol. The lowest BCUT2D eigenvalue weighted by Crippen LogP contribution is -2.15. The van der Waals surface area contributed by atoms with Crippen molar-refractivity contribution in [2.75, 3.05) is 0 Å². The molecule has 75 heavy (non-hydrogen) atoms. The Morgan fingerprint density at radius 3 is 0.960 bits per heavy atom. The van der Waals surface area contributed by atoms with Crippen molar-refractivity contribution < 1.29 is 0 Å². The fraction of sp³-hybridized carbons (Fsp3) is 0.0411. The molecule has 1 aliphatic rings. The minimum absolute atomic E-state index is 0.196. The van der Waals surface area contributed by atoms with Crippen molar-refractivity contribution in [3.05, 3.63) is 266 Å². The minimum Gasteiger partial charge on any atom is -0.256 e. The van der Waals surface area contributed by atoms with Gasteiger partial charge in [0.1, 0.15) is 0 Å². The van der Waals surface area contributed by atoms with Crippen LogP contribution < -0.4 is 0 Å². The number of para-hydroxylation sites is 2. The van der Waals surface area contributed by atoms with Crippen molar-refractivity contribution in [2.24, 2.45) is 0 Å². The van der Waals surface area contributed by atoms with E-state index in [9.17, 15) is 0 Å². The number of nitrogens with zero attached hydrogens (tertiary/aromatic N) is 2. The molecule has 0 amide bonds. The van der Waals surface area contributed by atoms with Gasteiger partial charge in [-0.3, -0.25) is 9.97 Å². The highest BCUT2D eigenvalue weighted by Gasteiger charge is 2.36. The lowest BCUT2D eigenvalue weighted by Gasteiger charge is -2.23. The summed E-state index contributed by atoms with van der Waals surface area (Å²) in [7, 11) is 0. The average Bonchev–Trinajstić information content (AvgIpc) is 3.71. The Morgan fingerprint density at radius 2 is 0.560 bits per heavy atom. The molecule has 2 heterocycles. The summed E-state index contributed by atoms with van der Waals surface area (Å²) in [6.07, 6.45) is 4.18. The van der Waals surface area contributed by atoms with Crippen LogP contribution in [-0.2, 0) is 5.41 Å². The molecule has 14 aromatic rings. The normalized spacial score (nSPS) is 12.8. The molecule has 0 radical (unpaired) electrons. The van der Waals surface area contributed by atoms with Crippen molar-refractivity contribution >= 4 is 64.9 Å². The highest BCUT2D eigenvalue weighted by molar-refractivity contribution is 6.28. The van der Waals surface area contributed by atoms with Gasteiger partial charge in [-0.05, 0) is 135 Å². The molecule has 12 aromatic carbocycles. The Morgan fingerprint density at radius 1 is 0.253 bits per heavy atom. The van der Waals surface area contributed by atoms with Crippen LogP contribution in [0, 0.1) is 0 Å². The van der Waals surface area contributed by atoms with Gasteiger partial charge in [-0.2, -0.15) is 0 Å². The summed E-state index contributed by atoms with van der Waals surface area (Å²) in [6.45, 7) is 4.77. The summed E-state index contributed by atoms with van der Waals surface area (Å²) < 4.78 is 0. The second-order valence-electron chi connectivity index (χ2n) is 20.8. The van der Waals surface area contributed by atoms with Crippen LogP contribution in [0.15, 0.2) is 255 Å². The second-order valence-corrected chi connectivity index (χ2v) is 20.8. The average molecular weight is 953 g/mol. The number of fused-ring (bicyclic) bond motifs is 11. The molecule has 0 N–H and O–H groups in total. The van der Waals surface area contributed by atoms with Crippen LogP contribution in [0.4, 0.5) is 0 Å². The minimum atomic E-state index is -0.196. The van der Waals surface area contributed by atoms with Crippen molar-refractivity contribution in [1.29, 1.82) is 0 Å². The molecule has 350 valence electrons. The van der Waals surface area contributed by atoms with Gasteiger partial charge in [0.25, 0.3) is 0 Å². The van der Waals surface area contributed by atoms with Gasteiger partial charge >= 0.3 is 0 Å². The van der Waals surface area contributed by atoms with Crippen LogP contribution in [0.1, 0.15) is 25.0 Å². The molecule has 2 heteroatoms. The van der Waals surface area contributed by atoms with E-state index in [1.165, 1.54) is 132 Å². The third-order valence-corrected chi connectivity index (χ3v) is 16.3. The third-order valence-electron chi connectivity index (χ3n) is 16.3. The zero-order valence-corrected chi connectivity index (χ0v) is 41.6. The number of benzene rings is 12. The van der Waals surface area contributed by atoms with E-state index in [2.05, 4.69) is 269 Å². The molecule has 0 aliphatic heterocycles. The first-order chi connectivity index (χ1) is 37.0. The van der Waals surface area contributed by atoms with E-state index in [-0.39, 0.29) is 5.41 Å². The maximum atomic E-state index is 5.04. The fourth-order valence-electron chi connectivity index (χ4n) is 12.8. The van der Waals surface area contributed by atoms with Crippen LogP contribution in [0.25, 0.3) is 143 Å². The van der Waals surface area contributed by atoms with Gasteiger partial charge in [-0.15, -0.1) is 0 Å². The maximum absolute atomic E-state index is 5.04. The van der Waals surface area contributed by atoms with Crippen molar-refractivity contribution in [3.8, 4) is 77.9 Å². The third kappa shape index (κ3) is 6.66. The number of rotatable bonds is 6. The van der Waals surface area contributed by atoms with E-state index >= 15 is 0 Å². The molecule has 0 fully saturated rings. The maximum Gasteiger partial charge on any atom is 0.0708 e. The largest absolute Gasteiger partial charge is 0.256 e. The summed E-state index contributed by atoms with van der Waals surface area (Å²) >= 11 is 0. The van der Waals surface area contributed by atoms with Gasteiger partial charge in [-0.1, -0.05) is 232 Å². The summed E-state index contributed by atoms with van der Waals surface area (Å²) in [5, 5.41) is 12.1.